The number of allylic oxidation sites excluding steroid dienone is 2. The van der Waals surface area contributed by atoms with E-state index in [1.165, 1.54) is 14.2 Å². The molecule has 2 N–H and O–H groups in total. The van der Waals surface area contributed by atoms with Gasteiger partial charge in [0.15, 0.2) is 16.7 Å². The Labute approximate surface area is 177 Å². The molecule has 0 aromatic heterocycles. The van der Waals surface area contributed by atoms with Crippen LogP contribution in [0, 0.1) is 11.3 Å². The molecule has 1 atom stereocenters. The second-order valence-electron chi connectivity index (χ2n) is 6.05. The average Bonchev–Trinajstić information content (AvgIpc) is 3.01. The van der Waals surface area contributed by atoms with Gasteiger partial charge in [-0.1, -0.05) is 11.6 Å². The fourth-order valence-corrected chi connectivity index (χ4v) is 4.43. The van der Waals surface area contributed by atoms with Gasteiger partial charge in [-0.15, -0.1) is 0 Å². The lowest BCUT2D eigenvalue weighted by Crippen LogP contribution is -2.38. The summed E-state index contributed by atoms with van der Waals surface area (Å²) in [5.74, 6) is 0.459. The van der Waals surface area contributed by atoms with E-state index in [0.717, 1.165) is 11.8 Å². The number of hydrogen-bond acceptors (Lipinski definition) is 9. The first kappa shape index (κ1) is 20.9. The Kier molecular flexibility index (Phi) is 5.96. The second-order valence-corrected chi connectivity index (χ2v) is 7.44. The topological polar surface area (TPSA) is 110 Å². The van der Waals surface area contributed by atoms with Crippen LogP contribution >= 0.6 is 23.4 Å². The first-order valence-electron chi connectivity index (χ1n) is 8.62. The molecule has 1 aromatic rings. The summed E-state index contributed by atoms with van der Waals surface area (Å²) < 4.78 is 16.0. The van der Waals surface area contributed by atoms with Crippen LogP contribution in [-0.4, -0.2) is 36.9 Å². The van der Waals surface area contributed by atoms with Crippen LogP contribution in [0.4, 0.5) is 0 Å². The average molecular weight is 435 g/mol. The maximum absolute atomic E-state index is 12.8. The molecular weight excluding hydrogens is 416 g/mol. The SMILES string of the molecule is CCOC(=O)C1=C(C)N=C2SC(C#N)=C(N)N2[C@H]1c1cc(Cl)c(OC)c(OC)c1. The van der Waals surface area contributed by atoms with Gasteiger partial charge in [0.1, 0.15) is 16.8 Å². The molecule has 0 bridgehead atoms. The van der Waals surface area contributed by atoms with Crippen molar-refractivity contribution in [2.24, 2.45) is 10.7 Å². The largest absolute Gasteiger partial charge is 0.493 e. The molecule has 0 saturated carbocycles. The number of aliphatic imine (C=N–C) groups is 1. The summed E-state index contributed by atoms with van der Waals surface area (Å²) in [4.78, 5) is 19.2. The number of nitriles is 1. The van der Waals surface area contributed by atoms with Crippen molar-refractivity contribution in [3.05, 3.63) is 44.7 Å². The van der Waals surface area contributed by atoms with Crippen molar-refractivity contribution >= 4 is 34.5 Å². The molecule has 0 spiro atoms. The highest BCUT2D eigenvalue weighted by atomic mass is 35.5. The van der Waals surface area contributed by atoms with E-state index in [9.17, 15) is 10.1 Å². The van der Waals surface area contributed by atoms with E-state index in [1.807, 2.05) is 0 Å². The molecular formula is C19H19ClN4O4S. The number of hydrogen-bond donors (Lipinski definition) is 1. The first-order chi connectivity index (χ1) is 13.9. The summed E-state index contributed by atoms with van der Waals surface area (Å²) in [6.07, 6.45) is 0. The number of ether oxygens (including phenoxy) is 3. The third kappa shape index (κ3) is 3.50. The fraction of sp³-hybridized carbons (Fsp3) is 0.316. The lowest BCUT2D eigenvalue weighted by Gasteiger charge is -2.35. The number of nitrogens with zero attached hydrogens (tertiary/aromatic N) is 3. The summed E-state index contributed by atoms with van der Waals surface area (Å²) >= 11 is 7.55. The van der Waals surface area contributed by atoms with Gasteiger partial charge < -0.3 is 19.9 Å². The first-order valence-corrected chi connectivity index (χ1v) is 9.82. The Hall–Kier alpha value is -2.83. The summed E-state index contributed by atoms with van der Waals surface area (Å²) in [6, 6.07) is 4.76. The predicted molar refractivity (Wildman–Crippen MR) is 110 cm³/mol. The highest BCUT2D eigenvalue weighted by Crippen LogP contribution is 2.48. The number of esters is 1. The van der Waals surface area contributed by atoms with Crippen molar-refractivity contribution in [2.75, 3.05) is 20.8 Å². The number of methoxy groups -OCH3 is 2. The molecule has 29 heavy (non-hydrogen) atoms. The standard InChI is InChI=1S/C19H19ClN4O4S/c1-5-28-18(25)14-9(2)23-19-24(17(22)13(8-21)29-19)15(14)10-6-11(20)16(27-4)12(7-10)26-3/h6-7,15H,5,22H2,1-4H3/t15-/m0/s1. The van der Waals surface area contributed by atoms with Crippen molar-refractivity contribution in [1.29, 1.82) is 5.26 Å². The highest BCUT2D eigenvalue weighted by Gasteiger charge is 2.43. The molecule has 2 aliphatic rings. The Morgan fingerprint density at radius 3 is 2.72 bits per heavy atom. The lowest BCUT2D eigenvalue weighted by molar-refractivity contribution is -0.139. The zero-order chi connectivity index (χ0) is 21.3. The Morgan fingerprint density at radius 1 is 1.41 bits per heavy atom. The van der Waals surface area contributed by atoms with Crippen LogP contribution in [-0.2, 0) is 9.53 Å². The Morgan fingerprint density at radius 2 is 2.14 bits per heavy atom. The number of thioether (sulfide) groups is 1. The van der Waals surface area contributed by atoms with Gasteiger partial charge in [0, 0.05) is 0 Å². The van der Waals surface area contributed by atoms with Crippen molar-refractivity contribution in [1.82, 2.24) is 4.90 Å². The van der Waals surface area contributed by atoms with E-state index in [2.05, 4.69) is 11.1 Å². The molecule has 0 saturated heterocycles. The van der Waals surface area contributed by atoms with Crippen LogP contribution in [0.2, 0.25) is 5.02 Å². The van der Waals surface area contributed by atoms with E-state index in [-0.39, 0.29) is 12.4 Å². The zero-order valence-electron chi connectivity index (χ0n) is 16.3. The molecule has 2 aliphatic heterocycles. The van der Waals surface area contributed by atoms with Crippen LogP contribution in [0.1, 0.15) is 25.5 Å². The van der Waals surface area contributed by atoms with Gasteiger partial charge in [-0.3, -0.25) is 4.90 Å². The molecule has 1 aromatic carbocycles. The quantitative estimate of drug-likeness (QED) is 0.703. The van der Waals surface area contributed by atoms with E-state index in [1.54, 1.807) is 30.9 Å². The van der Waals surface area contributed by atoms with E-state index in [4.69, 9.17) is 31.5 Å². The van der Waals surface area contributed by atoms with Crippen LogP contribution < -0.4 is 15.2 Å². The van der Waals surface area contributed by atoms with Gasteiger partial charge in [0.2, 0.25) is 0 Å². The molecule has 0 fully saturated rings. The minimum atomic E-state index is -0.697. The van der Waals surface area contributed by atoms with E-state index in [0.29, 0.717) is 43.4 Å². The van der Waals surface area contributed by atoms with Gasteiger partial charge in [-0.25, -0.2) is 9.79 Å². The van der Waals surface area contributed by atoms with Gasteiger partial charge in [-0.2, -0.15) is 5.26 Å². The number of amidine groups is 1. The van der Waals surface area contributed by atoms with Crippen LogP contribution in [0.3, 0.4) is 0 Å². The monoisotopic (exact) mass is 434 g/mol. The third-order valence-corrected chi connectivity index (χ3v) is 5.70. The van der Waals surface area contributed by atoms with Gasteiger partial charge in [0.25, 0.3) is 0 Å². The van der Waals surface area contributed by atoms with Crippen molar-refractivity contribution in [2.45, 2.75) is 19.9 Å². The molecule has 0 amide bonds. The molecule has 10 heteroatoms. The summed E-state index contributed by atoms with van der Waals surface area (Å²) in [5.41, 5.74) is 7.64. The van der Waals surface area contributed by atoms with Crippen molar-refractivity contribution < 1.29 is 19.0 Å². The molecule has 8 nitrogen and oxygen atoms in total. The maximum atomic E-state index is 12.8. The Balaban J connectivity index is 2.25. The number of carbonyl (C=O) groups is 1. The summed E-state index contributed by atoms with van der Waals surface area (Å²) in [5, 5.41) is 10.2. The van der Waals surface area contributed by atoms with E-state index >= 15 is 0 Å². The Bertz CT molecular complexity index is 1010. The summed E-state index contributed by atoms with van der Waals surface area (Å²) in [7, 11) is 2.98. The number of fused-ring (bicyclic) bond motifs is 1. The maximum Gasteiger partial charge on any atom is 0.338 e. The zero-order valence-corrected chi connectivity index (χ0v) is 17.8. The van der Waals surface area contributed by atoms with Crippen LogP contribution in [0.5, 0.6) is 11.5 Å². The number of benzene rings is 1. The normalized spacial score (nSPS) is 18.3. The lowest BCUT2D eigenvalue weighted by atomic mass is 9.94. The number of nitrogens with two attached hydrogens (primary N) is 1. The third-order valence-electron chi connectivity index (χ3n) is 4.44. The van der Waals surface area contributed by atoms with Crippen molar-refractivity contribution in [3.8, 4) is 17.6 Å². The van der Waals surface area contributed by atoms with Gasteiger partial charge >= 0.3 is 5.97 Å². The second kappa shape index (κ2) is 8.27. The predicted octanol–water partition coefficient (Wildman–Crippen LogP) is 3.31. The fourth-order valence-electron chi connectivity index (χ4n) is 3.22. The molecule has 0 radical (unpaired) electrons. The molecule has 3 rings (SSSR count). The molecule has 152 valence electrons. The summed E-state index contributed by atoms with van der Waals surface area (Å²) in [6.45, 7) is 3.64. The highest BCUT2D eigenvalue weighted by molar-refractivity contribution is 8.17. The number of halogens is 1. The number of rotatable bonds is 5. The van der Waals surface area contributed by atoms with Gasteiger partial charge in [0.05, 0.1) is 43.2 Å². The minimum absolute atomic E-state index is 0.203. The molecule has 0 unspecified atom stereocenters. The van der Waals surface area contributed by atoms with Gasteiger partial charge in [-0.05, 0) is 43.3 Å². The van der Waals surface area contributed by atoms with Crippen LogP contribution in [0.25, 0.3) is 0 Å². The molecule has 0 aliphatic carbocycles. The minimum Gasteiger partial charge on any atom is -0.493 e. The van der Waals surface area contributed by atoms with Crippen molar-refractivity contribution in [3.63, 3.8) is 0 Å². The van der Waals surface area contributed by atoms with Crippen LogP contribution in [0.15, 0.2) is 39.1 Å². The smallest absolute Gasteiger partial charge is 0.338 e. The van der Waals surface area contributed by atoms with E-state index < -0.39 is 12.0 Å². The molecule has 2 heterocycles. The number of carbonyl (C=O) groups excluding carboxylic acids is 1.